The van der Waals surface area contributed by atoms with Crippen molar-refractivity contribution in [2.45, 2.75) is 71.4 Å². The van der Waals surface area contributed by atoms with Crippen molar-refractivity contribution >= 4 is 17.1 Å². The van der Waals surface area contributed by atoms with Crippen LogP contribution in [-0.2, 0) is 4.74 Å². The van der Waals surface area contributed by atoms with Gasteiger partial charge >= 0.3 is 11.8 Å². The van der Waals surface area contributed by atoms with Crippen molar-refractivity contribution in [3.05, 3.63) is 34.7 Å². The molecular formula is C20H28N2O3. The minimum Gasteiger partial charge on any atom is -0.443 e. The Morgan fingerprint density at radius 3 is 2.32 bits per heavy atom. The zero-order valence-electron chi connectivity index (χ0n) is 15.6. The van der Waals surface area contributed by atoms with Gasteiger partial charge in [0.25, 0.3) is 0 Å². The maximum absolute atomic E-state index is 13.1. The summed E-state index contributed by atoms with van der Waals surface area (Å²) >= 11 is 0. The summed E-state index contributed by atoms with van der Waals surface area (Å²) in [5.74, 6) is 0.476. The Kier molecular flexibility index (Phi) is 4.76. The minimum absolute atomic E-state index is 0.0707. The summed E-state index contributed by atoms with van der Waals surface area (Å²) < 4.78 is 8.43. The zero-order valence-corrected chi connectivity index (χ0v) is 15.6. The number of fused-ring (bicyclic) bond motifs is 1. The lowest BCUT2D eigenvalue weighted by Crippen LogP contribution is -2.36. The molecule has 5 nitrogen and oxygen atoms in total. The van der Waals surface area contributed by atoms with Crippen molar-refractivity contribution in [1.29, 1.82) is 0 Å². The quantitative estimate of drug-likeness (QED) is 0.791. The number of imidazole rings is 1. The van der Waals surface area contributed by atoms with Gasteiger partial charge in [0.1, 0.15) is 5.60 Å². The standard InChI is InChI=1S/C20H28N2O3/c1-14(15-10-6-5-7-11-15)21-16-12-8-9-13-17(16)22(18(21)23)19(24)25-20(2,3)4/h8-9,12-15H,5-7,10-11H2,1-4H3. The molecule has 136 valence electrons. The Hall–Kier alpha value is -2.04. The molecule has 2 aromatic rings. The smallest absolute Gasteiger partial charge is 0.423 e. The first-order valence-corrected chi connectivity index (χ1v) is 9.25. The molecule has 1 heterocycles. The normalized spacial score (nSPS) is 17.6. The molecule has 1 atom stereocenters. The lowest BCUT2D eigenvalue weighted by atomic mass is 9.84. The molecule has 0 bridgehead atoms. The van der Waals surface area contributed by atoms with Crippen molar-refractivity contribution in [1.82, 2.24) is 9.13 Å². The first-order chi connectivity index (χ1) is 11.8. The monoisotopic (exact) mass is 344 g/mol. The lowest BCUT2D eigenvalue weighted by molar-refractivity contribution is 0.0536. The third kappa shape index (κ3) is 3.51. The van der Waals surface area contributed by atoms with Crippen LogP contribution in [0.2, 0.25) is 0 Å². The highest BCUT2D eigenvalue weighted by atomic mass is 16.6. The number of ether oxygens (including phenoxy) is 1. The molecule has 5 heteroatoms. The van der Waals surface area contributed by atoms with Crippen molar-refractivity contribution in [3.8, 4) is 0 Å². The van der Waals surface area contributed by atoms with E-state index in [4.69, 9.17) is 4.74 Å². The maximum atomic E-state index is 13.1. The number of benzene rings is 1. The Bertz CT molecular complexity index is 820. The Morgan fingerprint density at radius 2 is 1.72 bits per heavy atom. The van der Waals surface area contributed by atoms with Crippen LogP contribution in [0.1, 0.15) is 65.8 Å². The van der Waals surface area contributed by atoms with Crippen LogP contribution in [0.25, 0.3) is 11.0 Å². The topological polar surface area (TPSA) is 53.2 Å². The molecule has 3 rings (SSSR count). The fourth-order valence-electron chi connectivity index (χ4n) is 3.88. The van der Waals surface area contributed by atoms with Gasteiger partial charge in [-0.3, -0.25) is 4.57 Å². The van der Waals surface area contributed by atoms with Crippen molar-refractivity contribution < 1.29 is 9.53 Å². The first kappa shape index (κ1) is 17.8. The van der Waals surface area contributed by atoms with Gasteiger partial charge in [-0.15, -0.1) is 0 Å². The lowest BCUT2D eigenvalue weighted by Gasteiger charge is -2.28. The van der Waals surface area contributed by atoms with Gasteiger partial charge in [-0.2, -0.15) is 4.57 Å². The average molecular weight is 344 g/mol. The number of para-hydroxylation sites is 2. The number of rotatable bonds is 2. The molecule has 25 heavy (non-hydrogen) atoms. The Labute approximate surface area is 148 Å². The summed E-state index contributed by atoms with van der Waals surface area (Å²) in [6.07, 6.45) is 5.38. The van der Waals surface area contributed by atoms with Crippen LogP contribution in [0.4, 0.5) is 4.79 Å². The highest BCUT2D eigenvalue weighted by Crippen LogP contribution is 2.33. The van der Waals surface area contributed by atoms with E-state index < -0.39 is 11.7 Å². The fraction of sp³-hybridized carbons (Fsp3) is 0.600. The van der Waals surface area contributed by atoms with Gasteiger partial charge < -0.3 is 4.74 Å². The van der Waals surface area contributed by atoms with E-state index in [2.05, 4.69) is 6.92 Å². The largest absolute Gasteiger partial charge is 0.443 e. The molecule has 1 aromatic heterocycles. The van der Waals surface area contributed by atoms with Crippen LogP contribution < -0.4 is 5.69 Å². The molecule has 0 spiro atoms. The molecule has 0 saturated heterocycles. The number of hydrogen-bond acceptors (Lipinski definition) is 3. The maximum Gasteiger partial charge on any atom is 0.423 e. The van der Waals surface area contributed by atoms with Crippen LogP contribution >= 0.6 is 0 Å². The predicted octanol–water partition coefficient (Wildman–Crippen LogP) is 4.73. The van der Waals surface area contributed by atoms with Gasteiger partial charge in [0.2, 0.25) is 0 Å². The van der Waals surface area contributed by atoms with Crippen LogP contribution in [0, 0.1) is 5.92 Å². The SMILES string of the molecule is CC(C1CCCCC1)n1c(=O)n(C(=O)OC(C)(C)C)c2ccccc21. The number of carbonyl (C=O) groups excluding carboxylic acids is 1. The molecule has 0 aliphatic heterocycles. The molecule has 0 amide bonds. The Morgan fingerprint density at radius 1 is 1.12 bits per heavy atom. The average Bonchev–Trinajstić information content (AvgIpc) is 2.85. The van der Waals surface area contributed by atoms with Gasteiger partial charge in [0.15, 0.2) is 0 Å². The summed E-state index contributed by atoms with van der Waals surface area (Å²) in [6.45, 7) is 7.52. The predicted molar refractivity (Wildman–Crippen MR) is 99.1 cm³/mol. The number of aromatic nitrogens is 2. The zero-order chi connectivity index (χ0) is 18.2. The van der Waals surface area contributed by atoms with E-state index in [0.717, 1.165) is 18.4 Å². The first-order valence-electron chi connectivity index (χ1n) is 9.25. The molecule has 1 unspecified atom stereocenters. The summed E-state index contributed by atoms with van der Waals surface area (Å²) in [6, 6.07) is 7.55. The highest BCUT2D eigenvalue weighted by molar-refractivity contribution is 5.87. The van der Waals surface area contributed by atoms with E-state index in [1.165, 1.54) is 23.8 Å². The summed E-state index contributed by atoms with van der Waals surface area (Å²) in [4.78, 5) is 25.8. The van der Waals surface area contributed by atoms with Gasteiger partial charge in [0, 0.05) is 6.04 Å². The molecule has 1 saturated carbocycles. The number of hydrogen-bond donors (Lipinski definition) is 0. The number of nitrogens with zero attached hydrogens (tertiary/aromatic N) is 2. The second-order valence-electron chi connectivity index (χ2n) is 8.10. The van der Waals surface area contributed by atoms with E-state index in [1.807, 2.05) is 24.3 Å². The van der Waals surface area contributed by atoms with Gasteiger partial charge in [0.05, 0.1) is 11.0 Å². The van der Waals surface area contributed by atoms with Crippen LogP contribution in [0.3, 0.4) is 0 Å². The van der Waals surface area contributed by atoms with Gasteiger partial charge in [-0.25, -0.2) is 9.59 Å². The second-order valence-corrected chi connectivity index (χ2v) is 8.10. The van der Waals surface area contributed by atoms with E-state index in [-0.39, 0.29) is 11.7 Å². The molecule has 1 aliphatic rings. The highest BCUT2D eigenvalue weighted by Gasteiger charge is 2.29. The molecule has 1 fully saturated rings. The minimum atomic E-state index is -0.644. The van der Waals surface area contributed by atoms with E-state index in [9.17, 15) is 9.59 Å². The summed E-state index contributed by atoms with van der Waals surface area (Å²) in [5, 5.41) is 0. The molecule has 1 aromatic carbocycles. The number of carbonyl (C=O) groups is 1. The van der Waals surface area contributed by atoms with Crippen molar-refractivity contribution in [2.75, 3.05) is 0 Å². The van der Waals surface area contributed by atoms with E-state index in [0.29, 0.717) is 11.4 Å². The van der Waals surface area contributed by atoms with Gasteiger partial charge in [-0.1, -0.05) is 31.4 Å². The third-order valence-corrected chi connectivity index (χ3v) is 5.09. The molecule has 0 radical (unpaired) electrons. The molecular weight excluding hydrogens is 316 g/mol. The van der Waals surface area contributed by atoms with Crippen LogP contribution in [0.5, 0.6) is 0 Å². The second kappa shape index (κ2) is 6.70. The molecule has 0 N–H and O–H groups in total. The van der Waals surface area contributed by atoms with Gasteiger partial charge in [-0.05, 0) is 58.6 Å². The Balaban J connectivity index is 2.09. The molecule has 1 aliphatic carbocycles. The van der Waals surface area contributed by atoms with E-state index >= 15 is 0 Å². The fourth-order valence-corrected chi connectivity index (χ4v) is 3.88. The van der Waals surface area contributed by atoms with Crippen LogP contribution in [0.15, 0.2) is 29.1 Å². The summed E-state index contributed by atoms with van der Waals surface area (Å²) in [5.41, 5.74) is 0.476. The van der Waals surface area contributed by atoms with Crippen LogP contribution in [-0.4, -0.2) is 20.8 Å². The van der Waals surface area contributed by atoms with Crippen molar-refractivity contribution in [2.24, 2.45) is 5.92 Å². The third-order valence-electron chi connectivity index (χ3n) is 5.09. The summed E-state index contributed by atoms with van der Waals surface area (Å²) in [7, 11) is 0. The van der Waals surface area contributed by atoms with Crippen molar-refractivity contribution in [3.63, 3.8) is 0 Å². The van der Waals surface area contributed by atoms with E-state index in [1.54, 1.807) is 25.3 Å².